The molecule has 29 heavy (non-hydrogen) atoms. The van der Waals surface area contributed by atoms with Gasteiger partial charge in [0.1, 0.15) is 6.10 Å². The Morgan fingerprint density at radius 1 is 1.03 bits per heavy atom. The second kappa shape index (κ2) is 9.71. The first-order valence-electron chi connectivity index (χ1n) is 9.92. The maximum Gasteiger partial charge on any atom is 0.306 e. The molecule has 0 aromatic heterocycles. The van der Waals surface area contributed by atoms with Crippen molar-refractivity contribution >= 4 is 15.8 Å². The number of carbonyl (C=O) groups excluding carboxylic acids is 1. The van der Waals surface area contributed by atoms with Gasteiger partial charge in [0.25, 0.3) is 0 Å². The lowest BCUT2D eigenvalue weighted by Gasteiger charge is -2.28. The molecule has 2 aromatic rings. The van der Waals surface area contributed by atoms with E-state index in [-0.39, 0.29) is 30.2 Å². The zero-order chi connectivity index (χ0) is 20.7. The Morgan fingerprint density at radius 2 is 1.76 bits per heavy atom. The average Bonchev–Trinajstić information content (AvgIpc) is 2.71. The van der Waals surface area contributed by atoms with Crippen molar-refractivity contribution in [2.45, 2.75) is 49.5 Å². The lowest BCUT2D eigenvalue weighted by molar-refractivity contribution is -0.156. The quantitative estimate of drug-likeness (QED) is 0.483. The van der Waals surface area contributed by atoms with Crippen LogP contribution in [0.25, 0.3) is 0 Å². The average molecular weight is 412 g/mol. The highest BCUT2D eigenvalue weighted by Crippen LogP contribution is 2.28. The maximum absolute atomic E-state index is 12.6. The summed E-state index contributed by atoms with van der Waals surface area (Å²) in [7, 11) is -3.40. The number of carbonyl (C=O) groups is 1. The van der Waals surface area contributed by atoms with Crippen molar-refractivity contribution in [2.75, 3.05) is 5.75 Å². The molecule has 152 valence electrons. The fourth-order valence-electron chi connectivity index (χ4n) is 3.76. The molecule has 0 unspecified atom stereocenters. The molecule has 1 aliphatic heterocycles. The van der Waals surface area contributed by atoms with E-state index in [1.165, 1.54) is 5.56 Å². The second-order valence-corrected chi connectivity index (χ2v) is 9.60. The van der Waals surface area contributed by atoms with Gasteiger partial charge < -0.3 is 4.74 Å². The Balaban J connectivity index is 1.48. The van der Waals surface area contributed by atoms with Crippen LogP contribution < -0.4 is 0 Å². The monoisotopic (exact) mass is 411 g/mol. The van der Waals surface area contributed by atoms with Crippen molar-refractivity contribution in [3.8, 4) is 6.07 Å². The normalized spacial score (nSPS) is 19.3. The summed E-state index contributed by atoms with van der Waals surface area (Å²) in [5.41, 5.74) is 1.83. The number of rotatable bonds is 8. The van der Waals surface area contributed by atoms with Crippen LogP contribution in [0, 0.1) is 17.2 Å². The molecule has 0 spiro atoms. The van der Waals surface area contributed by atoms with E-state index in [0.717, 1.165) is 25.7 Å². The van der Waals surface area contributed by atoms with E-state index >= 15 is 0 Å². The summed E-state index contributed by atoms with van der Waals surface area (Å²) in [5, 5.41) is 8.84. The third-order valence-electron chi connectivity index (χ3n) is 5.23. The zero-order valence-electron chi connectivity index (χ0n) is 16.3. The largest absolute Gasteiger partial charge is 0.462 e. The fraction of sp³-hybridized carbons (Fsp3) is 0.391. The van der Waals surface area contributed by atoms with Gasteiger partial charge in [0.05, 0.1) is 22.3 Å². The summed E-state index contributed by atoms with van der Waals surface area (Å²) < 4.78 is 30.7. The number of ether oxygens (including phenoxy) is 1. The van der Waals surface area contributed by atoms with Gasteiger partial charge in [-0.25, -0.2) is 8.42 Å². The maximum atomic E-state index is 12.6. The van der Waals surface area contributed by atoms with E-state index in [0.29, 0.717) is 16.9 Å². The minimum atomic E-state index is -3.40. The van der Waals surface area contributed by atoms with E-state index < -0.39 is 9.84 Å². The van der Waals surface area contributed by atoms with Crippen molar-refractivity contribution in [2.24, 2.45) is 5.92 Å². The van der Waals surface area contributed by atoms with Gasteiger partial charge in [-0.3, -0.25) is 4.79 Å². The Labute approximate surface area is 172 Å². The van der Waals surface area contributed by atoms with Crippen LogP contribution in [0.1, 0.15) is 43.2 Å². The van der Waals surface area contributed by atoms with Gasteiger partial charge >= 0.3 is 5.97 Å². The van der Waals surface area contributed by atoms with Gasteiger partial charge in [-0.2, -0.15) is 5.26 Å². The van der Waals surface area contributed by atoms with E-state index in [2.05, 4.69) is 6.07 Å². The number of hydrogen-bond acceptors (Lipinski definition) is 5. The topological polar surface area (TPSA) is 84.2 Å². The standard InChI is InChI=1S/C23H25NO4S/c24-16-19-12-10-18(11-13-19)6-4-5-7-21-14-20(15-23(25)28-21)17-29(26,27)22-8-2-1-3-9-22/h1-3,8-13,20-21H,4-7,14-15,17H2/t20-,21-/m1/s1. The third-order valence-corrected chi connectivity index (χ3v) is 7.13. The molecular formula is C23H25NO4S. The lowest BCUT2D eigenvalue weighted by atomic mass is 9.93. The van der Waals surface area contributed by atoms with Crippen LogP contribution >= 0.6 is 0 Å². The van der Waals surface area contributed by atoms with Crippen LogP contribution in [0.4, 0.5) is 0 Å². The van der Waals surface area contributed by atoms with Crippen LogP contribution in [-0.4, -0.2) is 26.2 Å². The highest BCUT2D eigenvalue weighted by atomic mass is 32.2. The number of aryl methyl sites for hydroxylation is 1. The molecule has 6 heteroatoms. The minimum Gasteiger partial charge on any atom is -0.462 e. The first-order chi connectivity index (χ1) is 14.0. The van der Waals surface area contributed by atoms with Crippen LogP contribution in [-0.2, 0) is 25.8 Å². The molecule has 1 aliphatic rings. The van der Waals surface area contributed by atoms with Crippen LogP contribution in [0.3, 0.4) is 0 Å². The second-order valence-electron chi connectivity index (χ2n) is 7.57. The summed E-state index contributed by atoms with van der Waals surface area (Å²) in [4.78, 5) is 12.3. The summed E-state index contributed by atoms with van der Waals surface area (Å²) in [6.07, 6.45) is 4.03. The Morgan fingerprint density at radius 3 is 2.45 bits per heavy atom. The van der Waals surface area contributed by atoms with E-state index in [1.807, 2.05) is 24.3 Å². The molecule has 1 heterocycles. The van der Waals surface area contributed by atoms with Crippen LogP contribution in [0.2, 0.25) is 0 Å². The Kier molecular flexibility index (Phi) is 7.05. The molecule has 2 atom stereocenters. The van der Waals surface area contributed by atoms with Crippen molar-refractivity contribution in [1.29, 1.82) is 5.26 Å². The van der Waals surface area contributed by atoms with E-state index in [9.17, 15) is 13.2 Å². The first kappa shape index (κ1) is 21.1. The van der Waals surface area contributed by atoms with Gasteiger partial charge in [0.15, 0.2) is 9.84 Å². The molecule has 1 saturated heterocycles. The number of unbranched alkanes of at least 4 members (excludes halogenated alkanes) is 1. The van der Waals surface area contributed by atoms with Gasteiger partial charge in [0, 0.05) is 6.42 Å². The van der Waals surface area contributed by atoms with Crippen LogP contribution in [0.5, 0.6) is 0 Å². The van der Waals surface area contributed by atoms with Gasteiger partial charge in [0.2, 0.25) is 0 Å². The number of nitriles is 1. The number of benzene rings is 2. The summed E-state index contributed by atoms with van der Waals surface area (Å²) >= 11 is 0. The number of cyclic esters (lactones) is 1. The lowest BCUT2D eigenvalue weighted by Crippen LogP contribution is -2.33. The zero-order valence-corrected chi connectivity index (χ0v) is 17.1. The molecule has 1 fully saturated rings. The molecule has 0 N–H and O–H groups in total. The van der Waals surface area contributed by atoms with Crippen molar-refractivity contribution in [3.05, 3.63) is 65.7 Å². The summed E-state index contributed by atoms with van der Waals surface area (Å²) in [6, 6.07) is 18.0. The minimum absolute atomic E-state index is 0.0200. The van der Waals surface area contributed by atoms with Crippen molar-refractivity contribution < 1.29 is 17.9 Å². The molecule has 2 aromatic carbocycles. The SMILES string of the molecule is N#Cc1ccc(CCCC[C@@H]2C[C@@H](CS(=O)(=O)c3ccccc3)CC(=O)O2)cc1. The molecule has 3 rings (SSSR count). The predicted octanol–water partition coefficient (Wildman–Crippen LogP) is 4.07. The van der Waals surface area contributed by atoms with Crippen molar-refractivity contribution in [1.82, 2.24) is 0 Å². The molecule has 0 saturated carbocycles. The fourth-order valence-corrected chi connectivity index (χ4v) is 5.40. The number of sulfone groups is 1. The van der Waals surface area contributed by atoms with Gasteiger partial charge in [-0.1, -0.05) is 30.3 Å². The van der Waals surface area contributed by atoms with Crippen molar-refractivity contribution in [3.63, 3.8) is 0 Å². The highest BCUT2D eigenvalue weighted by Gasteiger charge is 2.32. The number of esters is 1. The molecule has 5 nitrogen and oxygen atoms in total. The molecule has 0 radical (unpaired) electrons. The van der Waals surface area contributed by atoms with Gasteiger partial charge in [-0.05, 0) is 67.9 Å². The third kappa shape index (κ3) is 6.16. The van der Waals surface area contributed by atoms with Gasteiger partial charge in [-0.15, -0.1) is 0 Å². The molecule has 0 bridgehead atoms. The summed E-state index contributed by atoms with van der Waals surface area (Å²) in [5.74, 6) is -0.528. The number of nitrogens with zero attached hydrogens (tertiary/aromatic N) is 1. The molecular weight excluding hydrogens is 386 g/mol. The number of hydrogen-bond donors (Lipinski definition) is 0. The van der Waals surface area contributed by atoms with E-state index in [1.54, 1.807) is 30.3 Å². The molecule has 0 amide bonds. The van der Waals surface area contributed by atoms with Crippen LogP contribution in [0.15, 0.2) is 59.5 Å². The summed E-state index contributed by atoms with van der Waals surface area (Å²) in [6.45, 7) is 0. The highest BCUT2D eigenvalue weighted by molar-refractivity contribution is 7.91. The molecule has 0 aliphatic carbocycles. The predicted molar refractivity (Wildman–Crippen MR) is 110 cm³/mol. The smallest absolute Gasteiger partial charge is 0.306 e. The van der Waals surface area contributed by atoms with E-state index in [4.69, 9.17) is 10.00 Å². The first-order valence-corrected chi connectivity index (χ1v) is 11.6. The Bertz CT molecular complexity index is 962. The Hall–Kier alpha value is -2.65.